The van der Waals surface area contributed by atoms with Crippen LogP contribution >= 0.6 is 0 Å². The highest BCUT2D eigenvalue weighted by molar-refractivity contribution is 5.30. The Balaban J connectivity index is 2.22. The van der Waals surface area contributed by atoms with E-state index in [1.807, 2.05) is 0 Å². The van der Waals surface area contributed by atoms with E-state index >= 15 is 0 Å². The van der Waals surface area contributed by atoms with Crippen molar-refractivity contribution in [1.82, 2.24) is 10.2 Å². The van der Waals surface area contributed by atoms with Crippen molar-refractivity contribution in [3.8, 4) is 0 Å². The SMILES string of the molecule is CN(C)C(c1ccc(C(C)(C)C)cc1)C1CCCN1. The van der Waals surface area contributed by atoms with Crippen LogP contribution in [0.5, 0.6) is 0 Å². The number of hydrogen-bond donors (Lipinski definition) is 1. The number of nitrogens with one attached hydrogen (secondary N) is 1. The summed E-state index contributed by atoms with van der Waals surface area (Å²) in [5.41, 5.74) is 3.07. The zero-order valence-corrected chi connectivity index (χ0v) is 13.0. The van der Waals surface area contributed by atoms with Gasteiger partial charge in [0.15, 0.2) is 0 Å². The molecule has 106 valence electrons. The summed E-state index contributed by atoms with van der Waals surface area (Å²) in [5, 5.41) is 3.64. The van der Waals surface area contributed by atoms with Crippen LogP contribution in [-0.4, -0.2) is 31.6 Å². The molecule has 0 saturated carbocycles. The minimum absolute atomic E-state index is 0.234. The molecule has 2 nitrogen and oxygen atoms in total. The zero-order chi connectivity index (χ0) is 14.0. The van der Waals surface area contributed by atoms with Crippen molar-refractivity contribution >= 4 is 0 Å². The van der Waals surface area contributed by atoms with E-state index in [4.69, 9.17) is 0 Å². The van der Waals surface area contributed by atoms with E-state index in [1.165, 1.54) is 24.0 Å². The van der Waals surface area contributed by atoms with Crippen molar-refractivity contribution in [2.24, 2.45) is 0 Å². The first kappa shape index (κ1) is 14.5. The number of rotatable bonds is 3. The van der Waals surface area contributed by atoms with Crippen LogP contribution in [0.15, 0.2) is 24.3 Å². The molecule has 2 heteroatoms. The van der Waals surface area contributed by atoms with Crippen LogP contribution in [0.4, 0.5) is 0 Å². The van der Waals surface area contributed by atoms with Gasteiger partial charge in [-0.1, -0.05) is 45.0 Å². The lowest BCUT2D eigenvalue weighted by atomic mass is 9.85. The summed E-state index contributed by atoms with van der Waals surface area (Å²) in [5.74, 6) is 0. The van der Waals surface area contributed by atoms with E-state index in [1.54, 1.807) is 0 Å². The fourth-order valence-corrected chi connectivity index (χ4v) is 3.05. The summed E-state index contributed by atoms with van der Waals surface area (Å²) in [7, 11) is 4.37. The monoisotopic (exact) mass is 260 g/mol. The van der Waals surface area contributed by atoms with Crippen molar-refractivity contribution in [1.29, 1.82) is 0 Å². The molecule has 0 bridgehead atoms. The van der Waals surface area contributed by atoms with Gasteiger partial charge in [-0.05, 0) is 50.0 Å². The largest absolute Gasteiger partial charge is 0.312 e. The molecule has 2 rings (SSSR count). The van der Waals surface area contributed by atoms with Crippen LogP contribution in [0.2, 0.25) is 0 Å². The average molecular weight is 260 g/mol. The van der Waals surface area contributed by atoms with Gasteiger partial charge in [-0.25, -0.2) is 0 Å². The Kier molecular flexibility index (Phi) is 4.32. The van der Waals surface area contributed by atoms with E-state index in [9.17, 15) is 0 Å². The molecule has 19 heavy (non-hydrogen) atoms. The molecule has 0 radical (unpaired) electrons. The van der Waals surface area contributed by atoms with Gasteiger partial charge in [0.2, 0.25) is 0 Å². The van der Waals surface area contributed by atoms with Crippen LogP contribution in [0, 0.1) is 0 Å². The van der Waals surface area contributed by atoms with Crippen LogP contribution in [0.3, 0.4) is 0 Å². The fourth-order valence-electron chi connectivity index (χ4n) is 3.05. The molecule has 0 aliphatic carbocycles. The predicted molar refractivity (Wildman–Crippen MR) is 82.6 cm³/mol. The maximum Gasteiger partial charge on any atom is 0.0495 e. The van der Waals surface area contributed by atoms with Gasteiger partial charge in [-0.3, -0.25) is 0 Å². The molecule has 2 atom stereocenters. The summed E-state index contributed by atoms with van der Waals surface area (Å²) in [6, 6.07) is 10.3. The van der Waals surface area contributed by atoms with Gasteiger partial charge in [0.25, 0.3) is 0 Å². The van der Waals surface area contributed by atoms with Crippen molar-refractivity contribution in [3.63, 3.8) is 0 Å². The average Bonchev–Trinajstić information content (AvgIpc) is 2.82. The Morgan fingerprint density at radius 3 is 2.21 bits per heavy atom. The summed E-state index contributed by atoms with van der Waals surface area (Å²) >= 11 is 0. The quantitative estimate of drug-likeness (QED) is 0.896. The predicted octanol–water partition coefficient (Wildman–Crippen LogP) is 3.34. The minimum Gasteiger partial charge on any atom is -0.312 e. The molecule has 1 N–H and O–H groups in total. The molecular weight excluding hydrogens is 232 g/mol. The molecule has 1 aliphatic rings. The Labute approximate surface area is 118 Å². The molecule has 0 aromatic heterocycles. The number of likely N-dealkylation sites (N-methyl/N-ethyl adjacent to an activating group) is 1. The summed E-state index contributed by atoms with van der Waals surface area (Å²) < 4.78 is 0. The molecule has 2 unspecified atom stereocenters. The van der Waals surface area contributed by atoms with Gasteiger partial charge in [0.05, 0.1) is 0 Å². The zero-order valence-electron chi connectivity index (χ0n) is 13.0. The van der Waals surface area contributed by atoms with E-state index < -0.39 is 0 Å². The highest BCUT2D eigenvalue weighted by Gasteiger charge is 2.27. The topological polar surface area (TPSA) is 15.3 Å². The first-order valence-corrected chi connectivity index (χ1v) is 7.40. The van der Waals surface area contributed by atoms with E-state index in [2.05, 4.69) is 69.3 Å². The Morgan fingerprint density at radius 1 is 1.16 bits per heavy atom. The van der Waals surface area contributed by atoms with Crippen molar-refractivity contribution in [3.05, 3.63) is 35.4 Å². The van der Waals surface area contributed by atoms with Crippen molar-refractivity contribution < 1.29 is 0 Å². The molecule has 1 aromatic rings. The second-order valence-corrected chi connectivity index (χ2v) is 6.98. The first-order chi connectivity index (χ1) is 8.89. The van der Waals surface area contributed by atoms with Gasteiger partial charge >= 0.3 is 0 Å². The summed E-state index contributed by atoms with van der Waals surface area (Å²) in [4.78, 5) is 2.34. The molecule has 1 saturated heterocycles. The van der Waals surface area contributed by atoms with Crippen molar-refractivity contribution in [2.75, 3.05) is 20.6 Å². The number of hydrogen-bond acceptors (Lipinski definition) is 2. The lowest BCUT2D eigenvalue weighted by molar-refractivity contribution is 0.244. The third-order valence-electron chi connectivity index (χ3n) is 4.15. The highest BCUT2D eigenvalue weighted by Crippen LogP contribution is 2.29. The number of nitrogens with zero attached hydrogens (tertiary/aromatic N) is 1. The Hall–Kier alpha value is -0.860. The minimum atomic E-state index is 0.234. The maximum absolute atomic E-state index is 3.64. The third-order valence-corrected chi connectivity index (χ3v) is 4.15. The van der Waals surface area contributed by atoms with Gasteiger partial charge < -0.3 is 10.2 Å². The second kappa shape index (κ2) is 5.64. The summed E-state index contributed by atoms with van der Waals surface area (Å²) in [6.45, 7) is 7.97. The Bertz CT molecular complexity index is 394. The molecule has 0 amide bonds. The Morgan fingerprint density at radius 2 is 1.79 bits per heavy atom. The molecule has 1 aliphatic heterocycles. The van der Waals surface area contributed by atoms with Crippen LogP contribution < -0.4 is 5.32 Å². The smallest absolute Gasteiger partial charge is 0.0495 e. The fraction of sp³-hybridized carbons (Fsp3) is 0.647. The van der Waals surface area contributed by atoms with Crippen molar-refractivity contribution in [2.45, 2.75) is 51.1 Å². The molecule has 0 spiro atoms. The molecule has 1 heterocycles. The second-order valence-electron chi connectivity index (χ2n) is 6.98. The maximum atomic E-state index is 3.64. The van der Waals surface area contributed by atoms with Crippen LogP contribution in [-0.2, 0) is 5.41 Å². The molecule has 1 fully saturated rings. The molecule has 1 aromatic carbocycles. The molecular formula is C17H28N2. The lowest BCUT2D eigenvalue weighted by Gasteiger charge is -2.31. The normalized spacial score (nSPS) is 21.9. The van der Waals surface area contributed by atoms with Crippen LogP contribution in [0.25, 0.3) is 0 Å². The van der Waals surface area contributed by atoms with Gasteiger partial charge in [-0.2, -0.15) is 0 Å². The lowest BCUT2D eigenvalue weighted by Crippen LogP contribution is -2.37. The van der Waals surface area contributed by atoms with E-state index in [0.29, 0.717) is 12.1 Å². The first-order valence-electron chi connectivity index (χ1n) is 7.40. The van der Waals surface area contributed by atoms with Gasteiger partial charge in [-0.15, -0.1) is 0 Å². The number of benzene rings is 1. The van der Waals surface area contributed by atoms with Gasteiger partial charge in [0.1, 0.15) is 0 Å². The summed E-state index contributed by atoms with van der Waals surface area (Å²) in [6.07, 6.45) is 2.58. The van der Waals surface area contributed by atoms with Crippen LogP contribution in [0.1, 0.15) is 50.8 Å². The van der Waals surface area contributed by atoms with E-state index in [-0.39, 0.29) is 5.41 Å². The van der Waals surface area contributed by atoms with Gasteiger partial charge in [0, 0.05) is 12.1 Å². The highest BCUT2D eigenvalue weighted by atomic mass is 15.1. The third kappa shape index (κ3) is 3.37. The standard InChI is InChI=1S/C17H28N2/c1-17(2,3)14-10-8-13(9-11-14)16(19(4)5)15-7-6-12-18-15/h8-11,15-16,18H,6-7,12H2,1-5H3. The van der Waals surface area contributed by atoms with E-state index in [0.717, 1.165) is 6.54 Å².